The Morgan fingerprint density at radius 2 is 1.65 bits per heavy atom. The van der Waals surface area contributed by atoms with E-state index in [9.17, 15) is 14.4 Å². The molecule has 0 saturated carbocycles. The number of anilines is 1. The molecule has 0 aliphatic carbocycles. The quantitative estimate of drug-likeness (QED) is 0.610. The Kier molecular flexibility index (Phi) is 6.67. The van der Waals surface area contributed by atoms with Crippen molar-refractivity contribution >= 4 is 23.3 Å². The Bertz CT molecular complexity index is 794. The first-order chi connectivity index (χ1) is 12.4. The molecular formula is C21H23NO4. The highest BCUT2D eigenvalue weighted by Crippen LogP contribution is 2.12. The smallest absolute Gasteiger partial charge is 0.310 e. The molecule has 0 aromatic heterocycles. The SMILES string of the molecule is Cc1ccccc1CC(=O)OCC(=O)c1ccc(NC(=O)C(C)C)cc1. The van der Waals surface area contributed by atoms with Crippen LogP contribution in [-0.2, 0) is 20.7 Å². The van der Waals surface area contributed by atoms with Crippen molar-refractivity contribution in [2.24, 2.45) is 5.92 Å². The van der Waals surface area contributed by atoms with Crippen molar-refractivity contribution in [1.82, 2.24) is 0 Å². The van der Waals surface area contributed by atoms with Crippen molar-refractivity contribution in [2.45, 2.75) is 27.2 Å². The number of esters is 1. The highest BCUT2D eigenvalue weighted by Gasteiger charge is 2.12. The molecule has 0 bridgehead atoms. The van der Waals surface area contributed by atoms with E-state index in [1.165, 1.54) is 0 Å². The van der Waals surface area contributed by atoms with E-state index in [-0.39, 0.29) is 30.6 Å². The number of Topliss-reactive ketones (excluding diaryl/α,β-unsaturated/α-hetero) is 1. The van der Waals surface area contributed by atoms with Crippen LogP contribution in [0.3, 0.4) is 0 Å². The number of carbonyl (C=O) groups excluding carboxylic acids is 3. The molecule has 0 heterocycles. The number of nitrogens with one attached hydrogen (secondary N) is 1. The van der Waals surface area contributed by atoms with Crippen LogP contribution < -0.4 is 5.32 Å². The maximum atomic E-state index is 12.1. The molecule has 0 aliphatic rings. The van der Waals surface area contributed by atoms with Crippen molar-refractivity contribution < 1.29 is 19.1 Å². The van der Waals surface area contributed by atoms with Gasteiger partial charge >= 0.3 is 5.97 Å². The van der Waals surface area contributed by atoms with Crippen molar-refractivity contribution in [1.29, 1.82) is 0 Å². The van der Waals surface area contributed by atoms with Crippen LogP contribution in [0, 0.1) is 12.8 Å². The van der Waals surface area contributed by atoms with Crippen molar-refractivity contribution in [2.75, 3.05) is 11.9 Å². The predicted octanol–water partition coefficient (Wildman–Crippen LogP) is 3.56. The first-order valence-corrected chi connectivity index (χ1v) is 8.51. The third-order valence-corrected chi connectivity index (χ3v) is 3.96. The molecule has 0 unspecified atom stereocenters. The number of ketones is 1. The van der Waals surface area contributed by atoms with Crippen LogP contribution in [0.4, 0.5) is 5.69 Å². The van der Waals surface area contributed by atoms with Gasteiger partial charge in [-0.15, -0.1) is 0 Å². The number of rotatable bonds is 7. The number of amides is 1. The summed E-state index contributed by atoms with van der Waals surface area (Å²) in [6.07, 6.45) is 0.139. The van der Waals surface area contributed by atoms with E-state index in [2.05, 4.69) is 5.32 Å². The van der Waals surface area contributed by atoms with Crippen molar-refractivity contribution in [3.8, 4) is 0 Å². The summed E-state index contributed by atoms with van der Waals surface area (Å²) in [6.45, 7) is 5.23. The van der Waals surface area contributed by atoms with Gasteiger partial charge in [0.2, 0.25) is 5.91 Å². The van der Waals surface area contributed by atoms with Gasteiger partial charge in [0, 0.05) is 17.2 Å². The largest absolute Gasteiger partial charge is 0.457 e. The predicted molar refractivity (Wildman–Crippen MR) is 100 cm³/mol. The number of hydrogen-bond donors (Lipinski definition) is 1. The summed E-state index contributed by atoms with van der Waals surface area (Å²) in [7, 11) is 0. The minimum absolute atomic E-state index is 0.0887. The highest BCUT2D eigenvalue weighted by atomic mass is 16.5. The van der Waals surface area contributed by atoms with Crippen LogP contribution >= 0.6 is 0 Å². The second kappa shape index (κ2) is 8.94. The molecule has 26 heavy (non-hydrogen) atoms. The topological polar surface area (TPSA) is 72.5 Å². The van der Waals surface area contributed by atoms with E-state index < -0.39 is 5.97 Å². The lowest BCUT2D eigenvalue weighted by Gasteiger charge is -2.09. The lowest BCUT2D eigenvalue weighted by Crippen LogP contribution is -2.18. The molecule has 0 fully saturated rings. The minimum Gasteiger partial charge on any atom is -0.457 e. The van der Waals surface area contributed by atoms with Crippen LogP contribution in [-0.4, -0.2) is 24.3 Å². The Labute approximate surface area is 153 Å². The Balaban J connectivity index is 1.86. The first kappa shape index (κ1) is 19.4. The van der Waals surface area contributed by atoms with Crippen LogP contribution in [0.25, 0.3) is 0 Å². The van der Waals surface area contributed by atoms with Gasteiger partial charge in [-0.2, -0.15) is 0 Å². The molecule has 1 N–H and O–H groups in total. The minimum atomic E-state index is -0.437. The fourth-order valence-corrected chi connectivity index (χ4v) is 2.27. The van der Waals surface area contributed by atoms with Gasteiger partial charge in [0.05, 0.1) is 6.42 Å². The zero-order chi connectivity index (χ0) is 19.1. The number of ether oxygens (including phenoxy) is 1. The second-order valence-electron chi connectivity index (χ2n) is 6.41. The number of hydrogen-bond acceptors (Lipinski definition) is 4. The fourth-order valence-electron chi connectivity index (χ4n) is 2.27. The van der Waals surface area contributed by atoms with E-state index in [1.807, 2.05) is 31.2 Å². The summed E-state index contributed by atoms with van der Waals surface area (Å²) in [5.74, 6) is -0.934. The molecule has 0 atom stereocenters. The highest BCUT2D eigenvalue weighted by molar-refractivity contribution is 5.99. The van der Waals surface area contributed by atoms with E-state index in [0.717, 1.165) is 11.1 Å². The summed E-state index contributed by atoms with van der Waals surface area (Å²) in [6, 6.07) is 14.1. The average molecular weight is 353 g/mol. The number of carbonyl (C=O) groups is 3. The summed E-state index contributed by atoms with van der Waals surface area (Å²) in [4.78, 5) is 35.7. The molecule has 1 amide bonds. The van der Waals surface area contributed by atoms with Gasteiger partial charge in [0.1, 0.15) is 0 Å². The molecule has 2 aromatic rings. The molecule has 5 nitrogen and oxygen atoms in total. The first-order valence-electron chi connectivity index (χ1n) is 8.51. The summed E-state index contributed by atoms with van der Waals surface area (Å²) in [5.41, 5.74) is 2.94. The van der Waals surface area contributed by atoms with E-state index >= 15 is 0 Å². The van der Waals surface area contributed by atoms with Gasteiger partial charge in [-0.05, 0) is 42.3 Å². The van der Waals surface area contributed by atoms with Crippen molar-refractivity contribution in [3.05, 3.63) is 65.2 Å². The Morgan fingerprint density at radius 3 is 2.27 bits per heavy atom. The Hall–Kier alpha value is -2.95. The standard InChI is InChI=1S/C21H23NO4/c1-14(2)21(25)22-18-10-8-16(9-11-18)19(23)13-26-20(24)12-17-7-5-4-6-15(17)3/h4-11,14H,12-13H2,1-3H3,(H,22,25). The van der Waals surface area contributed by atoms with E-state index in [4.69, 9.17) is 4.74 Å². The third-order valence-electron chi connectivity index (χ3n) is 3.96. The zero-order valence-corrected chi connectivity index (χ0v) is 15.2. The lowest BCUT2D eigenvalue weighted by atomic mass is 10.1. The van der Waals surface area contributed by atoms with Gasteiger partial charge in [0.25, 0.3) is 0 Å². The van der Waals surface area contributed by atoms with Crippen molar-refractivity contribution in [3.63, 3.8) is 0 Å². The average Bonchev–Trinajstić information content (AvgIpc) is 2.62. The fraction of sp³-hybridized carbons (Fsp3) is 0.286. The Morgan fingerprint density at radius 1 is 1.00 bits per heavy atom. The summed E-state index contributed by atoms with van der Waals surface area (Å²) >= 11 is 0. The van der Waals surface area contributed by atoms with Gasteiger partial charge in [-0.3, -0.25) is 14.4 Å². The molecule has 0 aliphatic heterocycles. The molecule has 0 saturated heterocycles. The molecule has 5 heteroatoms. The normalized spacial score (nSPS) is 10.5. The number of benzene rings is 2. The summed E-state index contributed by atoms with van der Waals surface area (Å²) in [5, 5.41) is 2.75. The van der Waals surface area contributed by atoms with Crippen LogP contribution in [0.5, 0.6) is 0 Å². The second-order valence-corrected chi connectivity index (χ2v) is 6.41. The van der Waals surface area contributed by atoms with Crippen LogP contribution in [0.2, 0.25) is 0 Å². The van der Waals surface area contributed by atoms with E-state index in [0.29, 0.717) is 11.3 Å². The van der Waals surface area contributed by atoms with Gasteiger partial charge in [0.15, 0.2) is 12.4 Å². The van der Waals surface area contributed by atoms with Gasteiger partial charge in [-0.1, -0.05) is 38.1 Å². The zero-order valence-electron chi connectivity index (χ0n) is 15.2. The number of aryl methyl sites for hydroxylation is 1. The molecule has 0 radical (unpaired) electrons. The lowest BCUT2D eigenvalue weighted by molar-refractivity contribution is -0.141. The maximum Gasteiger partial charge on any atom is 0.310 e. The molecule has 136 valence electrons. The monoisotopic (exact) mass is 353 g/mol. The van der Waals surface area contributed by atoms with E-state index in [1.54, 1.807) is 38.1 Å². The van der Waals surface area contributed by atoms with Crippen LogP contribution in [0.1, 0.15) is 35.3 Å². The molecule has 2 rings (SSSR count). The molecular weight excluding hydrogens is 330 g/mol. The molecule has 2 aromatic carbocycles. The van der Waals surface area contributed by atoms with Gasteiger partial charge in [-0.25, -0.2) is 0 Å². The molecule has 0 spiro atoms. The maximum absolute atomic E-state index is 12.1. The van der Waals surface area contributed by atoms with Crippen LogP contribution in [0.15, 0.2) is 48.5 Å². The summed E-state index contributed by atoms with van der Waals surface area (Å²) < 4.78 is 5.09. The van der Waals surface area contributed by atoms with Gasteiger partial charge < -0.3 is 10.1 Å². The third kappa shape index (κ3) is 5.55.